The second-order valence-corrected chi connectivity index (χ2v) is 7.80. The number of carbonyl (C=O) groups excluding carboxylic acids is 2. The lowest BCUT2D eigenvalue weighted by Gasteiger charge is -2.35. The van der Waals surface area contributed by atoms with Crippen LogP contribution >= 0.6 is 0 Å². The number of carbonyl (C=O) groups is 2. The first-order valence-electron chi connectivity index (χ1n) is 9.64. The fourth-order valence-corrected chi connectivity index (χ4v) is 4.13. The summed E-state index contributed by atoms with van der Waals surface area (Å²) < 4.78 is 0. The molecule has 6 heteroatoms. The molecule has 2 heterocycles. The molecule has 2 aromatic carbocycles. The number of fused-ring (bicyclic) bond motifs is 1. The number of aromatic nitrogens is 2. The van der Waals surface area contributed by atoms with E-state index in [9.17, 15) is 9.59 Å². The van der Waals surface area contributed by atoms with E-state index >= 15 is 0 Å². The third kappa shape index (κ3) is 3.50. The maximum Gasteiger partial charge on any atom is 0.257 e. The second-order valence-electron chi connectivity index (χ2n) is 7.80. The summed E-state index contributed by atoms with van der Waals surface area (Å²) in [5.41, 5.74) is 2.23. The van der Waals surface area contributed by atoms with Gasteiger partial charge < -0.3 is 10.2 Å². The summed E-state index contributed by atoms with van der Waals surface area (Å²) in [6.45, 7) is 5.85. The molecule has 4 rings (SSSR count). The SMILES string of the molecule is C[C@@H]1C[C@@H](C)CN(C(=O)c2ccccc2NC(=O)c2cccc3cn[nH]c23)C1. The minimum Gasteiger partial charge on any atom is -0.338 e. The number of H-pyrrole nitrogens is 1. The highest BCUT2D eigenvalue weighted by atomic mass is 16.2. The Morgan fingerprint density at radius 1 is 1.04 bits per heavy atom. The van der Waals surface area contributed by atoms with Gasteiger partial charge in [0.25, 0.3) is 11.8 Å². The van der Waals surface area contributed by atoms with Crippen molar-refractivity contribution < 1.29 is 9.59 Å². The molecule has 1 aromatic heterocycles. The molecule has 0 bridgehead atoms. The molecule has 0 radical (unpaired) electrons. The van der Waals surface area contributed by atoms with E-state index in [4.69, 9.17) is 0 Å². The third-order valence-electron chi connectivity index (χ3n) is 5.28. The number of hydrogen-bond acceptors (Lipinski definition) is 3. The molecule has 144 valence electrons. The van der Waals surface area contributed by atoms with Gasteiger partial charge in [0.2, 0.25) is 0 Å². The average molecular weight is 376 g/mol. The summed E-state index contributed by atoms with van der Waals surface area (Å²) in [7, 11) is 0. The van der Waals surface area contributed by atoms with E-state index in [0.717, 1.165) is 24.9 Å². The lowest BCUT2D eigenvalue weighted by Crippen LogP contribution is -2.42. The van der Waals surface area contributed by atoms with Gasteiger partial charge in [-0.3, -0.25) is 14.7 Å². The van der Waals surface area contributed by atoms with Crippen molar-refractivity contribution in [3.8, 4) is 0 Å². The van der Waals surface area contributed by atoms with E-state index < -0.39 is 0 Å². The van der Waals surface area contributed by atoms with Crippen LogP contribution in [0.25, 0.3) is 10.9 Å². The minimum absolute atomic E-state index is 0.0333. The van der Waals surface area contributed by atoms with Crippen LogP contribution in [0.4, 0.5) is 5.69 Å². The number of para-hydroxylation sites is 2. The quantitative estimate of drug-likeness (QED) is 0.727. The molecule has 6 nitrogen and oxygen atoms in total. The van der Waals surface area contributed by atoms with Crippen molar-refractivity contribution in [2.24, 2.45) is 11.8 Å². The number of benzene rings is 2. The van der Waals surface area contributed by atoms with Gasteiger partial charge >= 0.3 is 0 Å². The molecule has 0 unspecified atom stereocenters. The largest absolute Gasteiger partial charge is 0.338 e. The van der Waals surface area contributed by atoms with E-state index in [-0.39, 0.29) is 11.8 Å². The highest BCUT2D eigenvalue weighted by Crippen LogP contribution is 2.25. The van der Waals surface area contributed by atoms with Crippen LogP contribution in [0.2, 0.25) is 0 Å². The van der Waals surface area contributed by atoms with Crippen molar-refractivity contribution in [1.29, 1.82) is 0 Å². The van der Waals surface area contributed by atoms with Gasteiger partial charge in [0.15, 0.2) is 0 Å². The molecule has 2 atom stereocenters. The van der Waals surface area contributed by atoms with Crippen LogP contribution in [-0.4, -0.2) is 40.0 Å². The average Bonchev–Trinajstić information content (AvgIpc) is 3.16. The predicted molar refractivity (Wildman–Crippen MR) is 109 cm³/mol. The number of nitrogens with one attached hydrogen (secondary N) is 2. The molecule has 1 aliphatic rings. The first kappa shape index (κ1) is 18.2. The van der Waals surface area contributed by atoms with Gasteiger partial charge in [-0.15, -0.1) is 0 Å². The molecular weight excluding hydrogens is 352 g/mol. The number of anilines is 1. The number of piperidine rings is 1. The van der Waals surface area contributed by atoms with Crippen molar-refractivity contribution in [2.45, 2.75) is 20.3 Å². The number of likely N-dealkylation sites (tertiary alicyclic amines) is 1. The molecule has 1 aliphatic heterocycles. The predicted octanol–water partition coefficient (Wildman–Crippen LogP) is 3.93. The Kier molecular flexibility index (Phi) is 4.86. The van der Waals surface area contributed by atoms with Gasteiger partial charge in [0.05, 0.1) is 28.5 Å². The Balaban J connectivity index is 1.60. The summed E-state index contributed by atoms with van der Waals surface area (Å²) >= 11 is 0. The maximum atomic E-state index is 13.2. The number of hydrogen-bond donors (Lipinski definition) is 2. The van der Waals surface area contributed by atoms with E-state index in [1.807, 2.05) is 29.2 Å². The highest BCUT2D eigenvalue weighted by molar-refractivity contribution is 6.14. The number of nitrogens with zero attached hydrogens (tertiary/aromatic N) is 2. The number of amides is 2. The third-order valence-corrected chi connectivity index (χ3v) is 5.28. The van der Waals surface area contributed by atoms with Gasteiger partial charge in [-0.25, -0.2) is 0 Å². The number of rotatable bonds is 3. The summed E-state index contributed by atoms with van der Waals surface area (Å²) in [6.07, 6.45) is 2.82. The lowest BCUT2D eigenvalue weighted by atomic mass is 9.91. The lowest BCUT2D eigenvalue weighted by molar-refractivity contribution is 0.0624. The first-order valence-corrected chi connectivity index (χ1v) is 9.64. The Morgan fingerprint density at radius 3 is 2.54 bits per heavy atom. The molecule has 0 spiro atoms. The van der Waals surface area contributed by atoms with E-state index in [0.29, 0.717) is 34.2 Å². The molecule has 1 fully saturated rings. The zero-order chi connectivity index (χ0) is 19.7. The molecule has 0 aliphatic carbocycles. The fraction of sp³-hybridized carbons (Fsp3) is 0.318. The summed E-state index contributed by atoms with van der Waals surface area (Å²) in [4.78, 5) is 28.0. The topological polar surface area (TPSA) is 78.1 Å². The minimum atomic E-state index is -0.268. The molecule has 28 heavy (non-hydrogen) atoms. The molecule has 1 saturated heterocycles. The molecule has 2 amide bonds. The normalized spacial score (nSPS) is 19.6. The monoisotopic (exact) mass is 376 g/mol. The van der Waals surface area contributed by atoms with Gasteiger partial charge in [0, 0.05) is 18.5 Å². The van der Waals surface area contributed by atoms with Crippen LogP contribution in [-0.2, 0) is 0 Å². The van der Waals surface area contributed by atoms with Crippen molar-refractivity contribution >= 4 is 28.4 Å². The van der Waals surface area contributed by atoms with Crippen LogP contribution in [0.1, 0.15) is 41.0 Å². The van der Waals surface area contributed by atoms with Gasteiger partial charge in [-0.2, -0.15) is 5.10 Å². The molecular formula is C22H24N4O2. The van der Waals surface area contributed by atoms with Gasteiger partial charge in [-0.05, 0) is 36.5 Å². The fourth-order valence-electron chi connectivity index (χ4n) is 4.13. The summed E-state index contributed by atoms with van der Waals surface area (Å²) in [6, 6.07) is 12.7. The molecule has 2 N–H and O–H groups in total. The van der Waals surface area contributed by atoms with Crippen LogP contribution in [0.3, 0.4) is 0 Å². The van der Waals surface area contributed by atoms with Crippen LogP contribution in [0, 0.1) is 11.8 Å². The highest BCUT2D eigenvalue weighted by Gasteiger charge is 2.27. The van der Waals surface area contributed by atoms with E-state index in [2.05, 4.69) is 29.4 Å². The second kappa shape index (κ2) is 7.46. The van der Waals surface area contributed by atoms with Crippen LogP contribution in [0.15, 0.2) is 48.7 Å². The van der Waals surface area contributed by atoms with E-state index in [1.54, 1.807) is 24.4 Å². The molecule has 0 saturated carbocycles. The summed E-state index contributed by atoms with van der Waals surface area (Å²) in [5, 5.41) is 10.7. The zero-order valence-electron chi connectivity index (χ0n) is 16.1. The van der Waals surface area contributed by atoms with Crippen LogP contribution < -0.4 is 5.32 Å². The smallest absolute Gasteiger partial charge is 0.257 e. The Hall–Kier alpha value is -3.15. The maximum absolute atomic E-state index is 13.2. The Morgan fingerprint density at radius 2 is 1.75 bits per heavy atom. The first-order chi connectivity index (χ1) is 13.5. The number of aromatic amines is 1. The molecule has 3 aromatic rings. The van der Waals surface area contributed by atoms with Crippen molar-refractivity contribution in [3.05, 3.63) is 59.8 Å². The van der Waals surface area contributed by atoms with Crippen LogP contribution in [0.5, 0.6) is 0 Å². The van der Waals surface area contributed by atoms with Gasteiger partial charge in [0.1, 0.15) is 0 Å². The Labute approximate surface area is 163 Å². The van der Waals surface area contributed by atoms with Crippen molar-refractivity contribution in [1.82, 2.24) is 15.1 Å². The standard InChI is InChI=1S/C22H24N4O2/c1-14-10-15(2)13-26(12-14)22(28)17-7-3-4-9-19(17)24-21(27)18-8-5-6-16-11-23-25-20(16)18/h3-9,11,14-15H,10,12-13H2,1-2H3,(H,23,25)(H,24,27)/t14-,15-/m1/s1. The van der Waals surface area contributed by atoms with E-state index in [1.165, 1.54) is 0 Å². The zero-order valence-corrected chi connectivity index (χ0v) is 16.1. The summed E-state index contributed by atoms with van der Waals surface area (Å²) in [5.74, 6) is 0.657. The van der Waals surface area contributed by atoms with Crippen molar-refractivity contribution in [2.75, 3.05) is 18.4 Å². The van der Waals surface area contributed by atoms with Crippen molar-refractivity contribution in [3.63, 3.8) is 0 Å². The van der Waals surface area contributed by atoms with Gasteiger partial charge in [-0.1, -0.05) is 38.1 Å². The Bertz CT molecular complexity index is 1020.